The molecule has 3 nitrogen and oxygen atoms in total. The number of aliphatic hydroxyl groups excluding tert-OH is 1. The van der Waals surface area contributed by atoms with E-state index in [0.29, 0.717) is 12.5 Å². The molecule has 0 saturated heterocycles. The Balaban J connectivity index is 2.84. The van der Waals surface area contributed by atoms with Gasteiger partial charge in [0.15, 0.2) is 0 Å². The van der Waals surface area contributed by atoms with E-state index in [-0.39, 0.29) is 0 Å². The molecule has 0 aliphatic heterocycles. The van der Waals surface area contributed by atoms with Gasteiger partial charge in [-0.15, -0.1) is 0 Å². The van der Waals surface area contributed by atoms with Gasteiger partial charge in [-0.2, -0.15) is 0 Å². The smallest absolute Gasteiger partial charge is 0.0957 e. The van der Waals surface area contributed by atoms with Crippen molar-refractivity contribution in [1.82, 2.24) is 4.98 Å². The maximum atomic E-state index is 9.78. The summed E-state index contributed by atoms with van der Waals surface area (Å²) in [4.78, 5) is 6.82. The van der Waals surface area contributed by atoms with Gasteiger partial charge in [-0.05, 0) is 38.3 Å². The maximum absolute atomic E-state index is 9.78. The lowest BCUT2D eigenvalue weighted by Crippen LogP contribution is -2.33. The van der Waals surface area contributed by atoms with Crippen LogP contribution in [0, 0.1) is 0 Å². The van der Waals surface area contributed by atoms with Crippen LogP contribution in [0.25, 0.3) is 0 Å². The molecular weight excluding hydrogens is 236 g/mol. The molecule has 0 spiro atoms. The van der Waals surface area contributed by atoms with Gasteiger partial charge in [-0.25, -0.2) is 0 Å². The summed E-state index contributed by atoms with van der Waals surface area (Å²) in [6.07, 6.45) is 5.69. The van der Waals surface area contributed by atoms with E-state index < -0.39 is 6.10 Å². The number of pyridine rings is 1. The first-order valence-electron chi connectivity index (χ1n) is 7.54. The highest BCUT2D eigenvalue weighted by Crippen LogP contribution is 2.21. The minimum atomic E-state index is -0.443. The van der Waals surface area contributed by atoms with Crippen LogP contribution in [0.2, 0.25) is 0 Å². The average molecular weight is 264 g/mol. The van der Waals surface area contributed by atoms with E-state index in [0.717, 1.165) is 24.3 Å². The van der Waals surface area contributed by atoms with Gasteiger partial charge < -0.3 is 10.0 Å². The summed E-state index contributed by atoms with van der Waals surface area (Å²) in [7, 11) is 0. The van der Waals surface area contributed by atoms with Crippen LogP contribution in [0.4, 0.5) is 5.69 Å². The normalized spacial score (nSPS) is 14.2. The zero-order valence-electron chi connectivity index (χ0n) is 12.8. The van der Waals surface area contributed by atoms with Gasteiger partial charge in [0.2, 0.25) is 0 Å². The molecular formula is C16H28N2O. The average Bonchev–Trinajstić information content (AvgIpc) is 2.47. The number of unbranched alkanes of at least 4 members (excludes halogenated alkanes) is 1. The maximum Gasteiger partial charge on any atom is 0.0957 e. The molecule has 0 saturated carbocycles. The highest BCUT2D eigenvalue weighted by atomic mass is 16.3. The van der Waals surface area contributed by atoms with Crippen LogP contribution in [0.1, 0.15) is 65.2 Å². The number of nitrogens with zero attached hydrogens (tertiary/aromatic N) is 2. The molecule has 19 heavy (non-hydrogen) atoms. The molecule has 1 N–H and O–H groups in total. The van der Waals surface area contributed by atoms with E-state index in [1.807, 2.05) is 19.2 Å². The fraction of sp³-hybridized carbons (Fsp3) is 0.688. The van der Waals surface area contributed by atoms with Crippen molar-refractivity contribution >= 4 is 5.69 Å². The van der Waals surface area contributed by atoms with Crippen LogP contribution >= 0.6 is 0 Å². The summed E-state index contributed by atoms with van der Waals surface area (Å²) in [6.45, 7) is 9.72. The minimum Gasteiger partial charge on any atom is -0.387 e. The predicted octanol–water partition coefficient (Wildman–Crippen LogP) is 3.93. The molecule has 1 heterocycles. The summed E-state index contributed by atoms with van der Waals surface area (Å²) in [5.74, 6) is 0. The van der Waals surface area contributed by atoms with Crippen molar-refractivity contribution in [3.8, 4) is 0 Å². The molecule has 1 aromatic rings. The Bertz CT molecular complexity index is 350. The minimum absolute atomic E-state index is 0.443. The van der Waals surface area contributed by atoms with E-state index in [2.05, 4.69) is 36.7 Å². The van der Waals surface area contributed by atoms with Crippen molar-refractivity contribution in [2.75, 3.05) is 11.4 Å². The molecule has 0 aromatic carbocycles. The van der Waals surface area contributed by atoms with Crippen molar-refractivity contribution in [3.05, 3.63) is 24.0 Å². The van der Waals surface area contributed by atoms with E-state index in [4.69, 9.17) is 0 Å². The fourth-order valence-corrected chi connectivity index (χ4v) is 2.13. The lowest BCUT2D eigenvalue weighted by Gasteiger charge is -2.30. The third-order valence-corrected chi connectivity index (χ3v) is 3.71. The molecule has 2 unspecified atom stereocenters. The third kappa shape index (κ3) is 4.50. The van der Waals surface area contributed by atoms with Crippen molar-refractivity contribution < 1.29 is 5.11 Å². The Labute approximate surface area is 117 Å². The molecule has 108 valence electrons. The van der Waals surface area contributed by atoms with Crippen LogP contribution in [-0.4, -0.2) is 22.7 Å². The molecule has 1 rings (SSSR count). The highest BCUT2D eigenvalue weighted by Gasteiger charge is 2.14. The highest BCUT2D eigenvalue weighted by molar-refractivity contribution is 5.45. The van der Waals surface area contributed by atoms with Crippen LogP contribution in [-0.2, 0) is 0 Å². The van der Waals surface area contributed by atoms with Gasteiger partial charge in [-0.1, -0.05) is 27.2 Å². The molecule has 0 fully saturated rings. The summed E-state index contributed by atoms with van der Waals surface area (Å²) < 4.78 is 0. The number of aliphatic hydroxyl groups is 1. The number of hydrogen-bond donors (Lipinski definition) is 1. The topological polar surface area (TPSA) is 36.4 Å². The zero-order chi connectivity index (χ0) is 14.3. The number of anilines is 1. The quantitative estimate of drug-likeness (QED) is 0.773. The van der Waals surface area contributed by atoms with Gasteiger partial charge in [0, 0.05) is 12.6 Å². The molecule has 2 atom stereocenters. The predicted molar refractivity (Wildman–Crippen MR) is 81.5 cm³/mol. The third-order valence-electron chi connectivity index (χ3n) is 3.71. The van der Waals surface area contributed by atoms with Gasteiger partial charge in [0.05, 0.1) is 23.7 Å². The molecule has 0 aliphatic rings. The lowest BCUT2D eigenvalue weighted by molar-refractivity contribution is 0.169. The van der Waals surface area contributed by atoms with Gasteiger partial charge in [0.1, 0.15) is 0 Å². The van der Waals surface area contributed by atoms with Gasteiger partial charge in [-0.3, -0.25) is 4.98 Å². The molecule has 3 heteroatoms. The standard InChI is InChI=1S/C16H28N2O/c1-5-8-11-18(13(4)6-2)14-9-10-15(17-12-14)16(19)7-3/h9-10,12-13,16,19H,5-8,11H2,1-4H3. The molecule has 0 aliphatic carbocycles. The van der Waals surface area contributed by atoms with Gasteiger partial charge in [0.25, 0.3) is 0 Å². The number of hydrogen-bond acceptors (Lipinski definition) is 3. The Morgan fingerprint density at radius 3 is 2.42 bits per heavy atom. The first-order chi connectivity index (χ1) is 9.13. The molecule has 0 radical (unpaired) electrons. The van der Waals surface area contributed by atoms with Crippen molar-refractivity contribution in [2.45, 2.75) is 65.5 Å². The number of rotatable bonds is 8. The second kappa shape index (κ2) is 8.16. The molecule has 1 aromatic heterocycles. The van der Waals surface area contributed by atoms with Crippen LogP contribution in [0.3, 0.4) is 0 Å². The first kappa shape index (κ1) is 16.0. The number of aromatic nitrogens is 1. The SMILES string of the molecule is CCCCN(c1ccc(C(O)CC)nc1)C(C)CC. The zero-order valence-corrected chi connectivity index (χ0v) is 12.8. The Morgan fingerprint density at radius 2 is 1.95 bits per heavy atom. The van der Waals surface area contributed by atoms with Crippen LogP contribution in [0.5, 0.6) is 0 Å². The van der Waals surface area contributed by atoms with Crippen LogP contribution in [0.15, 0.2) is 18.3 Å². The summed E-state index contributed by atoms with van der Waals surface area (Å²) in [5.41, 5.74) is 1.93. The summed E-state index contributed by atoms with van der Waals surface area (Å²) in [6, 6.07) is 4.56. The fourth-order valence-electron chi connectivity index (χ4n) is 2.13. The van der Waals surface area contributed by atoms with Crippen LogP contribution < -0.4 is 4.90 Å². The van der Waals surface area contributed by atoms with E-state index >= 15 is 0 Å². The summed E-state index contributed by atoms with van der Waals surface area (Å²) >= 11 is 0. The Hall–Kier alpha value is -1.09. The Kier molecular flexibility index (Phi) is 6.85. The van der Waals surface area contributed by atoms with E-state index in [1.54, 1.807) is 0 Å². The lowest BCUT2D eigenvalue weighted by atomic mass is 10.1. The Morgan fingerprint density at radius 1 is 1.21 bits per heavy atom. The molecule has 0 amide bonds. The first-order valence-corrected chi connectivity index (χ1v) is 7.54. The monoisotopic (exact) mass is 264 g/mol. The van der Waals surface area contributed by atoms with E-state index in [9.17, 15) is 5.11 Å². The van der Waals surface area contributed by atoms with Crippen molar-refractivity contribution in [3.63, 3.8) is 0 Å². The van der Waals surface area contributed by atoms with Gasteiger partial charge >= 0.3 is 0 Å². The van der Waals surface area contributed by atoms with Crippen molar-refractivity contribution in [1.29, 1.82) is 0 Å². The second-order valence-electron chi connectivity index (χ2n) is 5.17. The second-order valence-corrected chi connectivity index (χ2v) is 5.17. The largest absolute Gasteiger partial charge is 0.387 e. The van der Waals surface area contributed by atoms with Crippen molar-refractivity contribution in [2.24, 2.45) is 0 Å². The van der Waals surface area contributed by atoms with E-state index in [1.165, 1.54) is 12.8 Å². The molecule has 0 bridgehead atoms. The summed E-state index contributed by atoms with van der Waals surface area (Å²) in [5, 5.41) is 9.78.